The van der Waals surface area contributed by atoms with Gasteiger partial charge >= 0.3 is 0 Å². The monoisotopic (exact) mass is 248 g/mol. The standard InChI is InChI=1S/C7H12N4O4S/c1-2-11-3-7(9-5-11)16(13,14)10-15-4-6(8)12/h3,5,10H,2,4H2,1H3,(H2,8,12). The van der Waals surface area contributed by atoms with Gasteiger partial charge in [0.1, 0.15) is 6.61 Å². The number of rotatable bonds is 6. The Balaban J connectivity index is 2.66. The fraction of sp³-hybridized carbons (Fsp3) is 0.429. The maximum absolute atomic E-state index is 11.5. The molecule has 0 saturated heterocycles. The highest BCUT2D eigenvalue weighted by atomic mass is 32.2. The average Bonchev–Trinajstić information content (AvgIpc) is 2.65. The van der Waals surface area contributed by atoms with Gasteiger partial charge in [0.2, 0.25) is 5.91 Å². The summed E-state index contributed by atoms with van der Waals surface area (Å²) in [5.41, 5.74) is 4.77. The third-order valence-electron chi connectivity index (χ3n) is 1.63. The average molecular weight is 248 g/mol. The van der Waals surface area contributed by atoms with Gasteiger partial charge in [0.05, 0.1) is 6.33 Å². The summed E-state index contributed by atoms with van der Waals surface area (Å²) in [7, 11) is -3.86. The van der Waals surface area contributed by atoms with Crippen molar-refractivity contribution in [2.24, 2.45) is 5.73 Å². The molecular weight excluding hydrogens is 236 g/mol. The molecular formula is C7H12N4O4S. The first kappa shape index (κ1) is 12.6. The number of primary amides is 1. The van der Waals surface area contributed by atoms with E-state index >= 15 is 0 Å². The number of hydrogen-bond donors (Lipinski definition) is 2. The van der Waals surface area contributed by atoms with Crippen molar-refractivity contribution in [2.75, 3.05) is 6.61 Å². The largest absolute Gasteiger partial charge is 0.368 e. The molecule has 1 aromatic heterocycles. The highest BCUT2D eigenvalue weighted by Crippen LogP contribution is 2.04. The lowest BCUT2D eigenvalue weighted by atomic mass is 10.7. The molecule has 1 amide bonds. The van der Waals surface area contributed by atoms with Gasteiger partial charge in [-0.15, -0.1) is 0 Å². The number of aryl methyl sites for hydroxylation is 1. The number of imidazole rings is 1. The SMILES string of the molecule is CCn1cnc(S(=O)(=O)NOCC(N)=O)c1. The Kier molecular flexibility index (Phi) is 3.99. The number of aromatic nitrogens is 2. The molecule has 0 aromatic carbocycles. The third-order valence-corrected chi connectivity index (χ3v) is 2.73. The lowest BCUT2D eigenvalue weighted by molar-refractivity contribution is -0.123. The van der Waals surface area contributed by atoms with Gasteiger partial charge in [-0.25, -0.2) is 13.4 Å². The predicted octanol–water partition coefficient (Wildman–Crippen LogP) is -1.40. The van der Waals surface area contributed by atoms with Crippen LogP contribution in [0.5, 0.6) is 0 Å². The van der Waals surface area contributed by atoms with Crippen LogP contribution in [0.25, 0.3) is 0 Å². The first-order valence-electron chi connectivity index (χ1n) is 4.39. The summed E-state index contributed by atoms with van der Waals surface area (Å²) < 4.78 is 24.5. The van der Waals surface area contributed by atoms with Crippen LogP contribution < -0.4 is 10.6 Å². The van der Waals surface area contributed by atoms with E-state index in [2.05, 4.69) is 9.82 Å². The van der Waals surface area contributed by atoms with Crippen molar-refractivity contribution in [1.29, 1.82) is 0 Å². The fourth-order valence-corrected chi connectivity index (χ4v) is 1.63. The Hall–Kier alpha value is -1.45. The summed E-state index contributed by atoms with van der Waals surface area (Å²) in [6.45, 7) is 1.91. The quantitative estimate of drug-likeness (QED) is 0.600. The van der Waals surface area contributed by atoms with Crippen LogP contribution in [-0.2, 0) is 26.2 Å². The number of nitrogens with two attached hydrogens (primary N) is 1. The zero-order valence-corrected chi connectivity index (χ0v) is 9.40. The second kappa shape index (κ2) is 5.05. The van der Waals surface area contributed by atoms with Gasteiger partial charge in [-0.2, -0.15) is 0 Å². The van der Waals surface area contributed by atoms with Crippen molar-refractivity contribution in [2.45, 2.75) is 18.5 Å². The topological polar surface area (TPSA) is 116 Å². The number of nitrogens with zero attached hydrogens (tertiary/aromatic N) is 2. The Morgan fingerprint density at radius 2 is 2.38 bits per heavy atom. The normalized spacial score (nSPS) is 11.6. The molecule has 0 bridgehead atoms. The molecule has 0 aliphatic carbocycles. The van der Waals surface area contributed by atoms with E-state index in [0.29, 0.717) is 6.54 Å². The van der Waals surface area contributed by atoms with Gasteiger partial charge in [-0.3, -0.25) is 9.63 Å². The van der Waals surface area contributed by atoms with Crippen molar-refractivity contribution in [3.8, 4) is 0 Å². The molecule has 9 heteroatoms. The van der Waals surface area contributed by atoms with Gasteiger partial charge in [-0.1, -0.05) is 4.89 Å². The van der Waals surface area contributed by atoms with E-state index in [0.717, 1.165) is 0 Å². The Morgan fingerprint density at radius 3 is 2.88 bits per heavy atom. The van der Waals surface area contributed by atoms with E-state index in [-0.39, 0.29) is 5.03 Å². The maximum Gasteiger partial charge on any atom is 0.281 e. The van der Waals surface area contributed by atoms with E-state index in [4.69, 9.17) is 5.73 Å². The van der Waals surface area contributed by atoms with Crippen LogP contribution in [0, 0.1) is 0 Å². The number of hydrogen-bond acceptors (Lipinski definition) is 5. The number of carbonyl (C=O) groups is 1. The minimum atomic E-state index is -3.86. The van der Waals surface area contributed by atoms with E-state index in [9.17, 15) is 13.2 Å². The summed E-state index contributed by atoms with van der Waals surface area (Å²) >= 11 is 0. The van der Waals surface area contributed by atoms with Crippen LogP contribution in [0.4, 0.5) is 0 Å². The molecule has 1 rings (SSSR count). The lowest BCUT2D eigenvalue weighted by Gasteiger charge is -2.02. The second-order valence-corrected chi connectivity index (χ2v) is 4.48. The minimum Gasteiger partial charge on any atom is -0.368 e. The first-order chi connectivity index (χ1) is 7.45. The van der Waals surface area contributed by atoms with Crippen molar-refractivity contribution in [3.63, 3.8) is 0 Å². The van der Waals surface area contributed by atoms with Crippen molar-refractivity contribution >= 4 is 15.9 Å². The molecule has 16 heavy (non-hydrogen) atoms. The van der Waals surface area contributed by atoms with Gasteiger partial charge < -0.3 is 10.3 Å². The smallest absolute Gasteiger partial charge is 0.281 e. The fourth-order valence-electron chi connectivity index (χ4n) is 0.872. The molecule has 0 radical (unpaired) electrons. The Bertz CT molecular complexity index is 466. The second-order valence-electron chi connectivity index (χ2n) is 2.88. The molecule has 1 aromatic rings. The molecule has 0 atom stereocenters. The third kappa shape index (κ3) is 3.29. The zero-order chi connectivity index (χ0) is 12.2. The molecule has 3 N–H and O–H groups in total. The van der Waals surface area contributed by atoms with E-state index in [1.54, 1.807) is 9.45 Å². The van der Waals surface area contributed by atoms with Crippen LogP contribution in [0.2, 0.25) is 0 Å². The summed E-state index contributed by atoms with van der Waals surface area (Å²) in [5, 5.41) is -0.182. The van der Waals surface area contributed by atoms with Gasteiger partial charge in [0, 0.05) is 12.7 Å². The summed E-state index contributed by atoms with van der Waals surface area (Å²) in [6, 6.07) is 0. The number of amides is 1. The van der Waals surface area contributed by atoms with Crippen LogP contribution in [0.3, 0.4) is 0 Å². The van der Waals surface area contributed by atoms with Gasteiger partial charge in [0.25, 0.3) is 10.0 Å². The van der Waals surface area contributed by atoms with Gasteiger partial charge in [-0.05, 0) is 6.92 Å². The highest BCUT2D eigenvalue weighted by Gasteiger charge is 2.17. The zero-order valence-electron chi connectivity index (χ0n) is 8.58. The maximum atomic E-state index is 11.5. The molecule has 0 unspecified atom stereocenters. The van der Waals surface area contributed by atoms with Crippen molar-refractivity contribution in [1.82, 2.24) is 14.4 Å². The molecule has 0 aliphatic heterocycles. The molecule has 1 heterocycles. The molecule has 0 saturated carbocycles. The number of carbonyl (C=O) groups excluding carboxylic acids is 1. The van der Waals surface area contributed by atoms with E-state index in [1.807, 2.05) is 6.92 Å². The summed E-state index contributed by atoms with van der Waals surface area (Å²) in [4.78, 5) is 20.1. The molecule has 0 aliphatic rings. The first-order valence-corrected chi connectivity index (χ1v) is 5.87. The summed E-state index contributed by atoms with van der Waals surface area (Å²) in [5.74, 6) is -0.776. The van der Waals surface area contributed by atoms with Gasteiger partial charge in [0.15, 0.2) is 5.03 Å². The Morgan fingerprint density at radius 1 is 1.69 bits per heavy atom. The highest BCUT2D eigenvalue weighted by molar-refractivity contribution is 7.89. The van der Waals surface area contributed by atoms with Crippen molar-refractivity contribution in [3.05, 3.63) is 12.5 Å². The molecule has 8 nitrogen and oxygen atoms in total. The number of sulfonamides is 1. The van der Waals surface area contributed by atoms with Crippen LogP contribution >= 0.6 is 0 Å². The molecule has 0 fully saturated rings. The Labute approximate surface area is 92.4 Å². The van der Waals surface area contributed by atoms with Crippen LogP contribution in [-0.4, -0.2) is 30.5 Å². The predicted molar refractivity (Wildman–Crippen MR) is 53.4 cm³/mol. The van der Waals surface area contributed by atoms with E-state index < -0.39 is 22.5 Å². The van der Waals surface area contributed by atoms with Crippen LogP contribution in [0.1, 0.15) is 6.92 Å². The number of nitrogens with one attached hydrogen (secondary N) is 1. The molecule has 0 spiro atoms. The lowest BCUT2D eigenvalue weighted by Crippen LogP contribution is -2.29. The van der Waals surface area contributed by atoms with Crippen molar-refractivity contribution < 1.29 is 18.0 Å². The van der Waals surface area contributed by atoms with Crippen LogP contribution in [0.15, 0.2) is 17.6 Å². The minimum absolute atomic E-state index is 0.182. The van der Waals surface area contributed by atoms with E-state index in [1.165, 1.54) is 12.5 Å². The summed E-state index contributed by atoms with van der Waals surface area (Å²) in [6.07, 6.45) is 2.72. The molecule has 90 valence electrons.